The molecule has 0 saturated heterocycles. The van der Waals surface area contributed by atoms with E-state index < -0.39 is 0 Å². The predicted octanol–water partition coefficient (Wildman–Crippen LogP) is 3.99. The van der Waals surface area contributed by atoms with Gasteiger partial charge in [0.15, 0.2) is 5.13 Å². The molecule has 1 fully saturated rings. The van der Waals surface area contributed by atoms with Crippen LogP contribution in [0.1, 0.15) is 26.2 Å². The van der Waals surface area contributed by atoms with Gasteiger partial charge in [0.2, 0.25) is 0 Å². The minimum absolute atomic E-state index is 0.619. The Kier molecular flexibility index (Phi) is 4.34. The highest BCUT2D eigenvalue weighted by atomic mass is 79.9. The number of thiazole rings is 1. The summed E-state index contributed by atoms with van der Waals surface area (Å²) in [5.41, 5.74) is 0. The second-order valence-electron chi connectivity index (χ2n) is 3.65. The summed E-state index contributed by atoms with van der Waals surface area (Å²) in [7, 11) is 0. The molecule has 0 bridgehead atoms. The highest BCUT2D eigenvalue weighted by Crippen LogP contribution is 2.33. The largest absolute Gasteiger partial charge is 0.358 e. The van der Waals surface area contributed by atoms with E-state index in [0.717, 1.165) is 15.0 Å². The van der Waals surface area contributed by atoms with Crippen molar-refractivity contribution in [3.05, 3.63) is 9.98 Å². The molecule has 0 aromatic carbocycles. The minimum atomic E-state index is 0.619. The van der Waals surface area contributed by atoms with E-state index in [1.54, 1.807) is 11.3 Å². The minimum Gasteiger partial charge on any atom is -0.358 e. The summed E-state index contributed by atoms with van der Waals surface area (Å²) in [4.78, 5) is 4.38. The molecule has 1 aliphatic rings. The molecule has 1 aliphatic carbocycles. The van der Waals surface area contributed by atoms with E-state index in [1.165, 1.54) is 25.0 Å². The number of nitrogens with zero attached hydrogens (tertiary/aromatic N) is 1. The fourth-order valence-electron chi connectivity index (χ4n) is 1.98. The second-order valence-corrected chi connectivity index (χ2v) is 6.84. The summed E-state index contributed by atoms with van der Waals surface area (Å²) >= 11 is 7.14. The van der Waals surface area contributed by atoms with Gasteiger partial charge in [-0.25, -0.2) is 4.98 Å². The molecule has 2 atom stereocenters. The molecule has 0 amide bonds. The molecule has 2 nitrogen and oxygen atoms in total. The smallest absolute Gasteiger partial charge is 0.183 e. The van der Waals surface area contributed by atoms with E-state index in [2.05, 4.69) is 44.9 Å². The highest BCUT2D eigenvalue weighted by molar-refractivity contribution is 9.10. The maximum atomic E-state index is 4.38. The lowest BCUT2D eigenvalue weighted by atomic mass is 10.2. The van der Waals surface area contributed by atoms with Crippen molar-refractivity contribution in [3.63, 3.8) is 0 Å². The molecule has 0 aliphatic heterocycles. The lowest BCUT2D eigenvalue weighted by molar-refractivity contribution is 0.766. The summed E-state index contributed by atoms with van der Waals surface area (Å²) in [5.74, 6) is 1.21. The van der Waals surface area contributed by atoms with Crippen LogP contribution in [0.2, 0.25) is 0 Å². The van der Waals surface area contributed by atoms with Crippen LogP contribution in [0, 0.1) is 0 Å². The number of hydrogen-bond donors (Lipinski definition) is 1. The van der Waals surface area contributed by atoms with Gasteiger partial charge < -0.3 is 5.32 Å². The number of aromatic nitrogens is 1. The molecule has 2 unspecified atom stereocenters. The Labute approximate surface area is 107 Å². The van der Waals surface area contributed by atoms with Gasteiger partial charge in [-0.05, 0) is 34.5 Å². The van der Waals surface area contributed by atoms with Crippen LogP contribution in [0.15, 0.2) is 9.98 Å². The van der Waals surface area contributed by atoms with Crippen LogP contribution >= 0.6 is 39.0 Å². The van der Waals surface area contributed by atoms with Gasteiger partial charge in [-0.15, -0.1) is 11.3 Å². The Morgan fingerprint density at radius 2 is 2.53 bits per heavy atom. The third-order valence-electron chi connectivity index (χ3n) is 2.62. The van der Waals surface area contributed by atoms with Crippen molar-refractivity contribution in [1.82, 2.24) is 4.98 Å². The van der Waals surface area contributed by atoms with E-state index in [0.29, 0.717) is 6.04 Å². The van der Waals surface area contributed by atoms with Crippen molar-refractivity contribution in [2.75, 3.05) is 11.1 Å². The zero-order chi connectivity index (χ0) is 10.7. The molecule has 1 aromatic heterocycles. The monoisotopic (exact) mass is 306 g/mol. The second kappa shape index (κ2) is 5.55. The lowest BCUT2D eigenvalue weighted by Gasteiger charge is -2.19. The molecule has 84 valence electrons. The van der Waals surface area contributed by atoms with Crippen molar-refractivity contribution in [1.29, 1.82) is 0 Å². The molecule has 1 N–H and O–H groups in total. The Morgan fingerprint density at radius 3 is 3.20 bits per heavy atom. The quantitative estimate of drug-likeness (QED) is 0.910. The maximum Gasteiger partial charge on any atom is 0.183 e. The molecule has 0 spiro atoms. The predicted molar refractivity (Wildman–Crippen MR) is 73.0 cm³/mol. The maximum absolute atomic E-state index is 4.38. The fourth-order valence-corrected chi connectivity index (χ4v) is 4.39. The summed E-state index contributed by atoms with van der Waals surface area (Å²) < 4.78 is 0.938. The summed E-state index contributed by atoms with van der Waals surface area (Å²) in [6.07, 6.45) is 3.99. The van der Waals surface area contributed by atoms with Gasteiger partial charge in [0.1, 0.15) is 4.60 Å². The Hall–Kier alpha value is 0.260. The SMILES string of the molecule is CCSC1CCCC1Nc1nc(Br)cs1. The summed E-state index contributed by atoms with van der Waals surface area (Å²) in [6, 6.07) is 0.619. The van der Waals surface area contributed by atoms with Crippen LogP contribution in [0.4, 0.5) is 5.13 Å². The third kappa shape index (κ3) is 3.11. The normalized spacial score (nSPS) is 25.7. The van der Waals surface area contributed by atoms with Gasteiger partial charge in [0.05, 0.1) is 0 Å². The van der Waals surface area contributed by atoms with Crippen molar-refractivity contribution >= 4 is 44.2 Å². The fraction of sp³-hybridized carbons (Fsp3) is 0.700. The van der Waals surface area contributed by atoms with Crippen molar-refractivity contribution < 1.29 is 0 Å². The average molecular weight is 307 g/mol. The van der Waals surface area contributed by atoms with Gasteiger partial charge in [0.25, 0.3) is 0 Å². The number of nitrogens with one attached hydrogen (secondary N) is 1. The van der Waals surface area contributed by atoms with Gasteiger partial charge in [-0.2, -0.15) is 11.8 Å². The topological polar surface area (TPSA) is 24.9 Å². The number of rotatable bonds is 4. The first-order valence-electron chi connectivity index (χ1n) is 5.28. The Balaban J connectivity index is 1.93. The number of hydrogen-bond acceptors (Lipinski definition) is 4. The summed E-state index contributed by atoms with van der Waals surface area (Å²) in [6.45, 7) is 2.24. The first-order valence-corrected chi connectivity index (χ1v) is 8.01. The molecular weight excluding hydrogens is 292 g/mol. The first kappa shape index (κ1) is 11.7. The van der Waals surface area contributed by atoms with Gasteiger partial charge in [-0.3, -0.25) is 0 Å². The third-order valence-corrected chi connectivity index (χ3v) is 5.43. The molecule has 1 aromatic rings. The van der Waals surface area contributed by atoms with Crippen LogP contribution < -0.4 is 5.32 Å². The Morgan fingerprint density at radius 1 is 1.67 bits per heavy atom. The average Bonchev–Trinajstić information content (AvgIpc) is 2.78. The molecule has 15 heavy (non-hydrogen) atoms. The van der Waals surface area contributed by atoms with Gasteiger partial charge in [0, 0.05) is 16.7 Å². The summed E-state index contributed by atoms with van der Waals surface area (Å²) in [5, 5.41) is 7.41. The zero-order valence-electron chi connectivity index (χ0n) is 8.70. The molecule has 5 heteroatoms. The lowest BCUT2D eigenvalue weighted by Crippen LogP contribution is -2.26. The van der Waals surface area contributed by atoms with Crippen LogP contribution in [-0.2, 0) is 0 Å². The molecule has 2 rings (SSSR count). The van der Waals surface area contributed by atoms with Crippen molar-refractivity contribution in [3.8, 4) is 0 Å². The Bertz CT molecular complexity index is 316. The van der Waals surface area contributed by atoms with Crippen molar-refractivity contribution in [2.45, 2.75) is 37.5 Å². The van der Waals surface area contributed by atoms with E-state index in [4.69, 9.17) is 0 Å². The highest BCUT2D eigenvalue weighted by Gasteiger charge is 2.27. The van der Waals surface area contributed by atoms with E-state index in [9.17, 15) is 0 Å². The van der Waals surface area contributed by atoms with E-state index in [-0.39, 0.29) is 0 Å². The van der Waals surface area contributed by atoms with Crippen LogP contribution in [0.5, 0.6) is 0 Å². The van der Waals surface area contributed by atoms with Gasteiger partial charge in [-0.1, -0.05) is 13.3 Å². The molecular formula is C10H15BrN2S2. The zero-order valence-corrected chi connectivity index (χ0v) is 11.9. The molecule has 0 radical (unpaired) electrons. The molecule has 1 saturated carbocycles. The standard InChI is InChI=1S/C10H15BrN2S2/c1-2-14-8-5-3-4-7(8)12-10-13-9(11)6-15-10/h6-8H,2-5H2,1H3,(H,12,13). The first-order chi connectivity index (χ1) is 7.29. The van der Waals surface area contributed by atoms with E-state index >= 15 is 0 Å². The number of anilines is 1. The number of halogens is 1. The van der Waals surface area contributed by atoms with Gasteiger partial charge >= 0.3 is 0 Å². The van der Waals surface area contributed by atoms with Crippen LogP contribution in [-0.4, -0.2) is 22.0 Å². The van der Waals surface area contributed by atoms with E-state index in [1.807, 2.05) is 5.38 Å². The number of thioether (sulfide) groups is 1. The molecule has 1 heterocycles. The van der Waals surface area contributed by atoms with Crippen LogP contribution in [0.25, 0.3) is 0 Å². The van der Waals surface area contributed by atoms with Crippen molar-refractivity contribution in [2.24, 2.45) is 0 Å². The van der Waals surface area contributed by atoms with Crippen LogP contribution in [0.3, 0.4) is 0 Å².